The summed E-state index contributed by atoms with van der Waals surface area (Å²) in [5, 5.41) is 9.02. The van der Waals surface area contributed by atoms with E-state index in [0.717, 1.165) is 19.8 Å². The van der Waals surface area contributed by atoms with Crippen LogP contribution in [0.1, 0.15) is 33.3 Å². The molecule has 0 spiro atoms. The van der Waals surface area contributed by atoms with E-state index in [4.69, 9.17) is 14.6 Å². The van der Waals surface area contributed by atoms with Crippen molar-refractivity contribution < 1.29 is 19.4 Å². The van der Waals surface area contributed by atoms with E-state index in [1.54, 1.807) is 12.1 Å². The van der Waals surface area contributed by atoms with Gasteiger partial charge in [0.2, 0.25) is 0 Å². The number of hydrogen-bond acceptors (Lipinski definition) is 4. The smallest absolute Gasteiger partial charge is 0.115 e. The summed E-state index contributed by atoms with van der Waals surface area (Å²) in [6.07, 6.45) is 0.583. The molecule has 114 valence electrons. The topological polar surface area (TPSA) is 62.4 Å². The largest absolute Gasteiger partial charge is 0.508 e. The zero-order valence-corrected chi connectivity index (χ0v) is 12.9. The summed E-state index contributed by atoms with van der Waals surface area (Å²) in [6, 6.07) is 7.35. The van der Waals surface area contributed by atoms with E-state index >= 15 is 0 Å². The maximum Gasteiger partial charge on any atom is 0.115 e. The molecular weight excluding hydrogens is 256 g/mol. The Hall–Kier alpha value is -1.39. The molecule has 4 heteroatoms. The zero-order valence-electron chi connectivity index (χ0n) is 12.9. The number of phenolic OH excluding ortho intramolecular Hbond substituents is 1. The minimum absolute atomic E-state index is 0.174. The van der Waals surface area contributed by atoms with Crippen molar-refractivity contribution in [1.82, 2.24) is 0 Å². The number of aromatic hydroxyl groups is 1. The molecule has 0 aromatic heterocycles. The third kappa shape index (κ3) is 11.7. The summed E-state index contributed by atoms with van der Waals surface area (Å²) in [6.45, 7) is 13.5. The molecule has 2 saturated heterocycles. The molecule has 1 unspecified atom stereocenters. The lowest BCUT2D eigenvalue weighted by Crippen LogP contribution is -2.10. The molecule has 2 fully saturated rings. The lowest BCUT2D eigenvalue weighted by atomic mass is 9.87. The van der Waals surface area contributed by atoms with Gasteiger partial charge < -0.3 is 19.4 Å². The number of benzene rings is 1. The van der Waals surface area contributed by atoms with E-state index in [1.807, 2.05) is 18.9 Å². The molecule has 0 amide bonds. The monoisotopic (exact) mass is 282 g/mol. The van der Waals surface area contributed by atoms with Crippen LogP contribution in [0.15, 0.2) is 24.3 Å². The second kappa shape index (κ2) is 9.50. The summed E-state index contributed by atoms with van der Waals surface area (Å²) in [7, 11) is 0. The Bertz CT molecular complexity index is 345. The van der Waals surface area contributed by atoms with E-state index in [9.17, 15) is 0 Å². The third-order valence-corrected chi connectivity index (χ3v) is 2.44. The predicted molar refractivity (Wildman–Crippen MR) is 80.2 cm³/mol. The highest BCUT2D eigenvalue weighted by Gasteiger charge is 2.13. The first-order valence-electron chi connectivity index (χ1n) is 6.67. The van der Waals surface area contributed by atoms with Gasteiger partial charge in [-0.15, -0.1) is 0 Å². The van der Waals surface area contributed by atoms with Crippen LogP contribution < -0.4 is 0 Å². The summed E-state index contributed by atoms with van der Waals surface area (Å²) in [4.78, 5) is 8.00. The first kappa shape index (κ1) is 18.6. The van der Waals surface area contributed by atoms with Crippen molar-refractivity contribution in [3.63, 3.8) is 0 Å². The van der Waals surface area contributed by atoms with Crippen LogP contribution in [0.25, 0.3) is 0 Å². The predicted octanol–water partition coefficient (Wildman–Crippen LogP) is 2.93. The van der Waals surface area contributed by atoms with Crippen LogP contribution >= 0.6 is 0 Å². The minimum Gasteiger partial charge on any atom is -0.508 e. The van der Waals surface area contributed by atoms with Gasteiger partial charge in [0.15, 0.2) is 0 Å². The Morgan fingerprint density at radius 1 is 1.15 bits per heavy atom. The van der Waals surface area contributed by atoms with Crippen LogP contribution in [0.2, 0.25) is 0 Å². The zero-order chi connectivity index (χ0) is 15.6. The number of carbonyl (C=O) groups is 1. The van der Waals surface area contributed by atoms with Crippen LogP contribution in [0.3, 0.4) is 0 Å². The molecule has 1 aromatic carbocycles. The van der Waals surface area contributed by atoms with Gasteiger partial charge in [-0.2, -0.15) is 0 Å². The second-order valence-corrected chi connectivity index (χ2v) is 5.55. The van der Waals surface area contributed by atoms with Gasteiger partial charge in [-0.3, -0.25) is 0 Å². The highest BCUT2D eigenvalue weighted by Crippen LogP contribution is 2.23. The second-order valence-electron chi connectivity index (χ2n) is 5.55. The quantitative estimate of drug-likeness (QED) is 0.743. The highest BCUT2D eigenvalue weighted by molar-refractivity contribution is 5.29. The van der Waals surface area contributed by atoms with Crippen molar-refractivity contribution >= 4 is 6.79 Å². The van der Waals surface area contributed by atoms with Gasteiger partial charge >= 0.3 is 0 Å². The maximum absolute atomic E-state index is 9.02. The van der Waals surface area contributed by atoms with Gasteiger partial charge in [0.05, 0.1) is 25.9 Å². The van der Waals surface area contributed by atoms with Crippen molar-refractivity contribution in [3.8, 4) is 5.75 Å². The molecule has 4 nitrogen and oxygen atoms in total. The van der Waals surface area contributed by atoms with Crippen molar-refractivity contribution in [1.29, 1.82) is 0 Å². The van der Waals surface area contributed by atoms with Crippen LogP contribution in [0, 0.1) is 0 Å². The Morgan fingerprint density at radius 2 is 1.50 bits per heavy atom. The Labute approximate surface area is 121 Å². The lowest BCUT2D eigenvalue weighted by Gasteiger charge is -2.18. The van der Waals surface area contributed by atoms with E-state index in [0.29, 0.717) is 11.9 Å². The molecule has 0 aliphatic carbocycles. The third-order valence-electron chi connectivity index (χ3n) is 2.44. The fraction of sp³-hybridized carbons (Fsp3) is 0.562. The van der Waals surface area contributed by atoms with E-state index < -0.39 is 0 Å². The molecule has 0 bridgehead atoms. The molecule has 20 heavy (non-hydrogen) atoms. The van der Waals surface area contributed by atoms with Crippen molar-refractivity contribution in [3.05, 3.63) is 29.8 Å². The summed E-state index contributed by atoms with van der Waals surface area (Å²) < 4.78 is 9.21. The number of carbonyl (C=O) groups excluding carboxylic acids is 1. The van der Waals surface area contributed by atoms with Crippen molar-refractivity contribution in [2.45, 2.75) is 39.2 Å². The van der Waals surface area contributed by atoms with Crippen LogP contribution in [-0.2, 0) is 19.7 Å². The first-order chi connectivity index (χ1) is 9.39. The van der Waals surface area contributed by atoms with E-state index in [2.05, 4.69) is 32.4 Å². The summed E-state index contributed by atoms with van der Waals surface area (Å²) >= 11 is 0. The average molecular weight is 282 g/mol. The van der Waals surface area contributed by atoms with E-state index in [-0.39, 0.29) is 5.41 Å². The highest BCUT2D eigenvalue weighted by atomic mass is 16.6. The molecule has 1 N–H and O–H groups in total. The van der Waals surface area contributed by atoms with Gasteiger partial charge in [-0.1, -0.05) is 32.9 Å². The normalized spacial score (nSPS) is 18.1. The van der Waals surface area contributed by atoms with Gasteiger partial charge in [0, 0.05) is 0 Å². The fourth-order valence-corrected chi connectivity index (χ4v) is 1.06. The van der Waals surface area contributed by atoms with Crippen LogP contribution in [-0.4, -0.2) is 37.8 Å². The lowest BCUT2D eigenvalue weighted by molar-refractivity contribution is -0.0979. The Balaban J connectivity index is 0.000000324. The molecule has 1 atom stereocenters. The van der Waals surface area contributed by atoms with Crippen molar-refractivity contribution in [2.24, 2.45) is 0 Å². The summed E-state index contributed by atoms with van der Waals surface area (Å²) in [5.74, 6) is 0.331. The van der Waals surface area contributed by atoms with Gasteiger partial charge in [0.25, 0.3) is 0 Å². The molecule has 1 aromatic rings. The standard InChI is InChI=1S/C10H14O.C3H6O.C2H4O.CH2O/c1-10(2,3)8-4-6-9(11)7-5-8;1-3-2-4-3;1-2-3-1;1-2/h4-7,11H,1-3H3;3H,2H2,1H3;1-2H2;1H2. The van der Waals surface area contributed by atoms with Gasteiger partial charge in [0.1, 0.15) is 12.5 Å². The molecule has 0 saturated carbocycles. The first-order valence-corrected chi connectivity index (χ1v) is 6.67. The van der Waals surface area contributed by atoms with Crippen molar-refractivity contribution in [2.75, 3.05) is 19.8 Å². The van der Waals surface area contributed by atoms with Crippen LogP contribution in [0.5, 0.6) is 5.75 Å². The van der Waals surface area contributed by atoms with E-state index in [1.165, 1.54) is 5.56 Å². The Kier molecular flexibility index (Phi) is 8.84. The molecule has 2 heterocycles. The summed E-state index contributed by atoms with van der Waals surface area (Å²) in [5.41, 5.74) is 1.42. The average Bonchev–Trinajstić information content (AvgIpc) is 3.27. The molecule has 3 rings (SSSR count). The number of epoxide rings is 2. The molecule has 0 radical (unpaired) electrons. The van der Waals surface area contributed by atoms with Crippen LogP contribution in [0.4, 0.5) is 0 Å². The molecular formula is C16H26O4. The minimum atomic E-state index is 0.174. The maximum atomic E-state index is 9.02. The number of phenols is 1. The van der Waals surface area contributed by atoms with Gasteiger partial charge in [-0.05, 0) is 30.0 Å². The Morgan fingerprint density at radius 3 is 1.70 bits per heavy atom. The molecule has 2 aliphatic heterocycles. The fourth-order valence-electron chi connectivity index (χ4n) is 1.06. The number of hydrogen-bond donors (Lipinski definition) is 1. The SMILES string of the molecule is C1CO1.C=O.CC(C)(C)c1ccc(O)cc1.CC1CO1. The molecule has 2 aliphatic rings. The number of rotatable bonds is 0. The number of ether oxygens (including phenoxy) is 2. The van der Waals surface area contributed by atoms with Gasteiger partial charge in [-0.25, -0.2) is 0 Å².